The smallest absolute Gasteiger partial charge is 0.231 e. The van der Waals surface area contributed by atoms with Crippen LogP contribution in [0, 0.1) is 0 Å². The number of nitrogens with two attached hydrogens (primary N) is 1. The predicted molar refractivity (Wildman–Crippen MR) is 86.2 cm³/mol. The molecule has 3 rings (SSSR count). The Bertz CT molecular complexity index is 547. The van der Waals surface area contributed by atoms with Gasteiger partial charge in [-0.25, -0.2) is 4.99 Å². The van der Waals surface area contributed by atoms with Gasteiger partial charge in [0.1, 0.15) is 0 Å². The lowest BCUT2D eigenvalue weighted by molar-refractivity contribution is 0.174. The van der Waals surface area contributed by atoms with Crippen LogP contribution >= 0.6 is 0 Å². The number of nitrogens with one attached hydrogen (secondary N) is 1. The van der Waals surface area contributed by atoms with E-state index in [1.807, 2.05) is 18.2 Å². The van der Waals surface area contributed by atoms with Crippen LogP contribution in [0.25, 0.3) is 0 Å². The number of nitrogens with zero attached hydrogens (tertiary/aromatic N) is 2. The van der Waals surface area contributed by atoms with Crippen molar-refractivity contribution < 1.29 is 9.47 Å². The highest BCUT2D eigenvalue weighted by atomic mass is 16.7. The normalized spacial score (nSPS) is 21.3. The van der Waals surface area contributed by atoms with E-state index in [4.69, 9.17) is 15.2 Å². The van der Waals surface area contributed by atoms with Crippen molar-refractivity contribution in [1.29, 1.82) is 0 Å². The van der Waals surface area contributed by atoms with Gasteiger partial charge in [-0.3, -0.25) is 4.90 Å². The Balaban J connectivity index is 1.50. The van der Waals surface area contributed by atoms with Gasteiger partial charge in [0.15, 0.2) is 17.5 Å². The molecular formula is C16H24N4O2. The lowest BCUT2D eigenvalue weighted by Crippen LogP contribution is -2.42. The minimum absolute atomic E-state index is 0.293. The first kappa shape index (κ1) is 15.0. The molecule has 22 heavy (non-hydrogen) atoms. The number of aliphatic imine (C=N–C) groups is 1. The molecule has 0 aromatic heterocycles. The zero-order valence-electron chi connectivity index (χ0n) is 13.0. The van der Waals surface area contributed by atoms with E-state index in [1.54, 1.807) is 0 Å². The van der Waals surface area contributed by atoms with Crippen molar-refractivity contribution >= 4 is 5.96 Å². The number of likely N-dealkylation sites (tertiary alicyclic amines) is 1. The van der Waals surface area contributed by atoms with Gasteiger partial charge in [-0.2, -0.15) is 0 Å². The number of fused-ring (bicyclic) bond motifs is 1. The number of benzene rings is 1. The summed E-state index contributed by atoms with van der Waals surface area (Å²) < 4.78 is 10.7. The van der Waals surface area contributed by atoms with Crippen molar-refractivity contribution in [2.45, 2.75) is 32.4 Å². The molecule has 1 aromatic rings. The summed E-state index contributed by atoms with van der Waals surface area (Å²) in [6.07, 6.45) is 2.50. The fourth-order valence-electron chi connectivity index (χ4n) is 3.04. The minimum atomic E-state index is 0.293. The molecule has 0 aliphatic carbocycles. The van der Waals surface area contributed by atoms with Crippen molar-refractivity contribution in [2.75, 3.05) is 26.4 Å². The Morgan fingerprint density at radius 3 is 3.14 bits per heavy atom. The van der Waals surface area contributed by atoms with E-state index >= 15 is 0 Å². The maximum absolute atomic E-state index is 5.96. The summed E-state index contributed by atoms with van der Waals surface area (Å²) in [6, 6.07) is 6.42. The van der Waals surface area contributed by atoms with E-state index in [9.17, 15) is 0 Å². The number of hydrogen-bond acceptors (Lipinski definition) is 4. The molecule has 0 saturated carbocycles. The van der Waals surface area contributed by atoms with Crippen molar-refractivity contribution in [2.24, 2.45) is 10.7 Å². The SMILES string of the molecule is CCN1CCCC1CNC(N)=NCc1ccc2c(c1)OCO2. The minimum Gasteiger partial charge on any atom is -0.454 e. The van der Waals surface area contributed by atoms with Crippen molar-refractivity contribution in [3.05, 3.63) is 23.8 Å². The molecule has 0 amide bonds. The van der Waals surface area contributed by atoms with Crippen LogP contribution in [0.2, 0.25) is 0 Å². The number of rotatable bonds is 5. The van der Waals surface area contributed by atoms with Gasteiger partial charge < -0.3 is 20.5 Å². The van der Waals surface area contributed by atoms with Crippen LogP contribution in [0.4, 0.5) is 0 Å². The van der Waals surface area contributed by atoms with Crippen LogP contribution in [-0.2, 0) is 6.54 Å². The van der Waals surface area contributed by atoms with Gasteiger partial charge in [0.2, 0.25) is 6.79 Å². The summed E-state index contributed by atoms with van der Waals surface area (Å²) >= 11 is 0. The molecule has 1 atom stereocenters. The van der Waals surface area contributed by atoms with Crippen molar-refractivity contribution in [3.63, 3.8) is 0 Å². The molecule has 0 bridgehead atoms. The van der Waals surface area contributed by atoms with Gasteiger partial charge in [-0.1, -0.05) is 13.0 Å². The summed E-state index contributed by atoms with van der Waals surface area (Å²) in [4.78, 5) is 6.88. The standard InChI is InChI=1S/C16H24N4O2/c1-2-20-7-3-4-13(20)10-19-16(17)18-9-12-5-6-14-15(8-12)22-11-21-14/h5-6,8,13H,2-4,7,9-11H2,1H3,(H3,17,18,19). The molecule has 1 fully saturated rings. The van der Waals surface area contributed by atoms with Gasteiger partial charge in [0.25, 0.3) is 0 Å². The summed E-state index contributed by atoms with van der Waals surface area (Å²) in [5.74, 6) is 2.07. The molecule has 6 nitrogen and oxygen atoms in total. The molecular weight excluding hydrogens is 280 g/mol. The molecule has 0 spiro atoms. The quantitative estimate of drug-likeness (QED) is 0.634. The molecule has 2 aliphatic heterocycles. The lowest BCUT2D eigenvalue weighted by Gasteiger charge is -2.23. The average molecular weight is 304 g/mol. The molecule has 2 aliphatic rings. The van der Waals surface area contributed by atoms with E-state index in [2.05, 4.69) is 22.1 Å². The second-order valence-corrected chi connectivity index (χ2v) is 5.69. The number of guanidine groups is 1. The summed E-state index contributed by atoms with van der Waals surface area (Å²) in [5.41, 5.74) is 7.02. The fourth-order valence-corrected chi connectivity index (χ4v) is 3.04. The van der Waals surface area contributed by atoms with Gasteiger partial charge in [-0.05, 0) is 43.6 Å². The second-order valence-electron chi connectivity index (χ2n) is 5.69. The lowest BCUT2D eigenvalue weighted by atomic mass is 10.2. The van der Waals surface area contributed by atoms with Gasteiger partial charge in [0.05, 0.1) is 6.54 Å². The first-order chi connectivity index (χ1) is 10.8. The monoisotopic (exact) mass is 304 g/mol. The number of hydrogen-bond donors (Lipinski definition) is 2. The zero-order valence-corrected chi connectivity index (χ0v) is 13.0. The van der Waals surface area contributed by atoms with Crippen LogP contribution < -0.4 is 20.5 Å². The van der Waals surface area contributed by atoms with Crippen LogP contribution in [0.15, 0.2) is 23.2 Å². The molecule has 2 heterocycles. The van der Waals surface area contributed by atoms with Crippen LogP contribution in [0.5, 0.6) is 11.5 Å². The third kappa shape index (κ3) is 3.44. The molecule has 1 aromatic carbocycles. The molecule has 1 unspecified atom stereocenters. The Morgan fingerprint density at radius 2 is 2.27 bits per heavy atom. The topological polar surface area (TPSA) is 72.1 Å². The van der Waals surface area contributed by atoms with Crippen molar-refractivity contribution in [1.82, 2.24) is 10.2 Å². The number of ether oxygens (including phenoxy) is 2. The zero-order chi connectivity index (χ0) is 15.4. The van der Waals surface area contributed by atoms with E-state index in [0.29, 0.717) is 25.3 Å². The Kier molecular flexibility index (Phi) is 4.68. The van der Waals surface area contributed by atoms with Crippen LogP contribution in [0.3, 0.4) is 0 Å². The van der Waals surface area contributed by atoms with Crippen LogP contribution in [0.1, 0.15) is 25.3 Å². The molecule has 6 heteroatoms. The van der Waals surface area contributed by atoms with Gasteiger partial charge >= 0.3 is 0 Å². The van der Waals surface area contributed by atoms with Crippen molar-refractivity contribution in [3.8, 4) is 11.5 Å². The third-order valence-corrected chi connectivity index (χ3v) is 4.29. The van der Waals surface area contributed by atoms with E-state index < -0.39 is 0 Å². The first-order valence-corrected chi connectivity index (χ1v) is 7.92. The summed E-state index contributed by atoms with van der Waals surface area (Å²) in [5, 5.41) is 3.24. The Morgan fingerprint density at radius 1 is 1.41 bits per heavy atom. The molecule has 0 radical (unpaired) electrons. The summed E-state index contributed by atoms with van der Waals surface area (Å²) in [7, 11) is 0. The predicted octanol–water partition coefficient (Wildman–Crippen LogP) is 1.30. The van der Waals surface area contributed by atoms with E-state index in [0.717, 1.165) is 30.2 Å². The van der Waals surface area contributed by atoms with Gasteiger partial charge in [-0.15, -0.1) is 0 Å². The molecule has 1 saturated heterocycles. The number of likely N-dealkylation sites (N-methyl/N-ethyl adjacent to an activating group) is 1. The summed E-state index contributed by atoms with van der Waals surface area (Å²) in [6.45, 7) is 6.19. The maximum atomic E-state index is 5.96. The fraction of sp³-hybridized carbons (Fsp3) is 0.562. The highest BCUT2D eigenvalue weighted by molar-refractivity contribution is 5.77. The maximum Gasteiger partial charge on any atom is 0.231 e. The average Bonchev–Trinajstić information content (AvgIpc) is 3.18. The first-order valence-electron chi connectivity index (χ1n) is 7.92. The highest BCUT2D eigenvalue weighted by Crippen LogP contribution is 2.32. The van der Waals surface area contributed by atoms with Crippen LogP contribution in [-0.4, -0.2) is 43.3 Å². The van der Waals surface area contributed by atoms with E-state index in [1.165, 1.54) is 19.4 Å². The Labute approximate surface area is 131 Å². The van der Waals surface area contributed by atoms with Gasteiger partial charge in [0, 0.05) is 12.6 Å². The molecule has 120 valence electrons. The van der Waals surface area contributed by atoms with E-state index in [-0.39, 0.29) is 0 Å². The highest BCUT2D eigenvalue weighted by Gasteiger charge is 2.22. The largest absolute Gasteiger partial charge is 0.454 e. The second kappa shape index (κ2) is 6.87. The third-order valence-electron chi connectivity index (χ3n) is 4.29. The Hall–Kier alpha value is -1.95. The molecule has 3 N–H and O–H groups in total.